The van der Waals surface area contributed by atoms with E-state index in [0.29, 0.717) is 49.9 Å². The molecule has 2 saturated heterocycles. The number of nitrogens with one attached hydrogen (secondary N) is 1. The average Bonchev–Trinajstić information content (AvgIpc) is 2.91. The maximum absolute atomic E-state index is 14.6. The van der Waals surface area contributed by atoms with E-state index in [1.165, 1.54) is 0 Å². The van der Waals surface area contributed by atoms with Crippen LogP contribution in [-0.4, -0.2) is 66.5 Å². The van der Waals surface area contributed by atoms with E-state index in [-0.39, 0.29) is 30.0 Å². The van der Waals surface area contributed by atoms with Crippen LogP contribution in [0.4, 0.5) is 20.3 Å². The van der Waals surface area contributed by atoms with Crippen molar-refractivity contribution < 1.29 is 26.8 Å². The zero-order valence-electron chi connectivity index (χ0n) is 22.1. The van der Waals surface area contributed by atoms with Crippen molar-refractivity contribution in [2.24, 2.45) is 0 Å². The van der Waals surface area contributed by atoms with E-state index in [1.807, 2.05) is 31.2 Å². The van der Waals surface area contributed by atoms with Gasteiger partial charge in [-0.2, -0.15) is 0 Å². The largest absolute Gasteiger partial charge is 0.371 e. The minimum atomic E-state index is -3.95. The number of aryl methyl sites for hydroxylation is 1. The van der Waals surface area contributed by atoms with E-state index in [4.69, 9.17) is 0 Å². The molecular formula is C28H29F2N5O4S. The van der Waals surface area contributed by atoms with Gasteiger partial charge in [-0.15, -0.1) is 0 Å². The minimum absolute atomic E-state index is 0.103. The van der Waals surface area contributed by atoms with E-state index in [9.17, 15) is 26.8 Å². The van der Waals surface area contributed by atoms with Crippen LogP contribution in [-0.2, 0) is 19.4 Å². The Morgan fingerprint density at radius 2 is 1.77 bits per heavy atom. The van der Waals surface area contributed by atoms with E-state index in [0.717, 1.165) is 23.4 Å². The fourth-order valence-corrected chi connectivity index (χ4v) is 6.02. The van der Waals surface area contributed by atoms with Crippen LogP contribution in [0.2, 0.25) is 0 Å². The van der Waals surface area contributed by atoms with Gasteiger partial charge in [0.05, 0.1) is 23.8 Å². The lowest BCUT2D eigenvalue weighted by molar-refractivity contribution is -0.138. The monoisotopic (exact) mass is 569 g/mol. The summed E-state index contributed by atoms with van der Waals surface area (Å²) < 4.78 is 52.3. The molecule has 2 fully saturated rings. The number of halogens is 2. The predicted octanol–water partition coefficient (Wildman–Crippen LogP) is 3.73. The van der Waals surface area contributed by atoms with Crippen LogP contribution in [0, 0.1) is 18.6 Å². The summed E-state index contributed by atoms with van der Waals surface area (Å²) >= 11 is 0. The molecule has 0 aliphatic carbocycles. The Balaban J connectivity index is 1.25. The summed E-state index contributed by atoms with van der Waals surface area (Å²) in [6.07, 6.45) is 5.64. The third-order valence-corrected chi connectivity index (χ3v) is 8.51. The quantitative estimate of drug-likeness (QED) is 0.481. The van der Waals surface area contributed by atoms with Crippen molar-refractivity contribution in [1.29, 1.82) is 0 Å². The van der Waals surface area contributed by atoms with E-state index >= 15 is 0 Å². The van der Waals surface area contributed by atoms with Gasteiger partial charge in [0.15, 0.2) is 15.7 Å². The Morgan fingerprint density at radius 3 is 2.45 bits per heavy atom. The van der Waals surface area contributed by atoms with E-state index in [2.05, 4.69) is 15.3 Å². The van der Waals surface area contributed by atoms with Crippen molar-refractivity contribution in [3.63, 3.8) is 0 Å². The van der Waals surface area contributed by atoms with Gasteiger partial charge in [-0.05, 0) is 37.8 Å². The molecule has 0 radical (unpaired) electrons. The first-order chi connectivity index (χ1) is 19.0. The zero-order chi connectivity index (χ0) is 28.6. The number of hydrogen-bond acceptors (Lipinski definition) is 7. The average molecular weight is 570 g/mol. The molecule has 1 unspecified atom stereocenters. The number of benzene rings is 2. The van der Waals surface area contributed by atoms with Crippen molar-refractivity contribution >= 4 is 33.2 Å². The van der Waals surface area contributed by atoms with Gasteiger partial charge in [0.1, 0.15) is 22.6 Å². The van der Waals surface area contributed by atoms with Crippen molar-refractivity contribution in [3.05, 3.63) is 66.0 Å². The SMILES string of the molecule is Cc1ccccc1-c1cnc(N2CC[C@H](N3CCCC(Nc4cc(F)c(S(C)(=O)=O)cc4F)C3=O)CC2=O)cn1. The van der Waals surface area contributed by atoms with Crippen LogP contribution in [0.5, 0.6) is 0 Å². The van der Waals surface area contributed by atoms with E-state index in [1.54, 1.807) is 22.2 Å². The third kappa shape index (κ3) is 5.53. The summed E-state index contributed by atoms with van der Waals surface area (Å²) in [5.41, 5.74) is 2.46. The van der Waals surface area contributed by atoms with Gasteiger partial charge in [0.25, 0.3) is 0 Å². The molecule has 0 saturated carbocycles. The fourth-order valence-electron chi connectivity index (χ4n) is 5.29. The number of anilines is 2. The number of carbonyl (C=O) groups excluding carboxylic acids is 2. The molecule has 3 heterocycles. The van der Waals surface area contributed by atoms with Gasteiger partial charge in [0.2, 0.25) is 11.8 Å². The smallest absolute Gasteiger partial charge is 0.245 e. The van der Waals surface area contributed by atoms with Crippen LogP contribution in [0.15, 0.2) is 53.7 Å². The number of aromatic nitrogens is 2. The Bertz CT molecular complexity index is 1570. The molecule has 5 rings (SSSR count). The Kier molecular flexibility index (Phi) is 7.54. The Morgan fingerprint density at radius 1 is 1.00 bits per heavy atom. The molecule has 12 heteroatoms. The number of hydrogen-bond donors (Lipinski definition) is 1. The normalized spacial score (nSPS) is 20.1. The van der Waals surface area contributed by atoms with Gasteiger partial charge < -0.3 is 10.2 Å². The minimum Gasteiger partial charge on any atom is -0.371 e. The van der Waals surface area contributed by atoms with Gasteiger partial charge in [-0.25, -0.2) is 22.2 Å². The molecule has 1 N–H and O–H groups in total. The molecule has 2 amide bonds. The van der Waals surface area contributed by atoms with Crippen molar-refractivity contribution in [3.8, 4) is 11.3 Å². The second kappa shape index (κ2) is 10.9. The lowest BCUT2D eigenvalue weighted by Crippen LogP contribution is -2.56. The highest BCUT2D eigenvalue weighted by Crippen LogP contribution is 2.29. The first kappa shape index (κ1) is 27.6. The van der Waals surface area contributed by atoms with Gasteiger partial charge in [-0.1, -0.05) is 24.3 Å². The zero-order valence-corrected chi connectivity index (χ0v) is 22.9. The molecule has 3 aromatic rings. The maximum atomic E-state index is 14.6. The third-order valence-electron chi connectivity index (χ3n) is 7.40. The summed E-state index contributed by atoms with van der Waals surface area (Å²) in [6.45, 7) is 2.80. The van der Waals surface area contributed by atoms with Gasteiger partial charge in [0, 0.05) is 43.4 Å². The number of nitrogens with zero attached hydrogens (tertiary/aromatic N) is 4. The number of rotatable bonds is 6. The first-order valence-electron chi connectivity index (χ1n) is 13.0. The standard InChI is InChI=1S/C28H29F2N5O4S/c1-17-6-3-4-7-19(17)24-15-32-26(16-31-24)35-11-9-18(12-27(35)36)34-10-5-8-22(28(34)37)33-23-13-21(30)25(14-20(23)29)40(2,38)39/h3-4,6-7,13-16,18,22,33H,5,8-12H2,1-2H3/t18-,22?/m0/s1. The summed E-state index contributed by atoms with van der Waals surface area (Å²) in [7, 11) is -3.95. The highest BCUT2D eigenvalue weighted by Gasteiger charge is 2.38. The van der Waals surface area contributed by atoms with Crippen LogP contribution < -0.4 is 10.2 Å². The molecule has 40 heavy (non-hydrogen) atoms. The highest BCUT2D eigenvalue weighted by atomic mass is 32.2. The highest BCUT2D eigenvalue weighted by molar-refractivity contribution is 7.90. The fraction of sp³-hybridized carbons (Fsp3) is 0.357. The van der Waals surface area contributed by atoms with Crippen molar-refractivity contribution in [1.82, 2.24) is 14.9 Å². The molecule has 0 bridgehead atoms. The summed E-state index contributed by atoms with van der Waals surface area (Å²) in [5, 5.41) is 2.74. The molecule has 1 aromatic heterocycles. The van der Waals surface area contributed by atoms with Crippen LogP contribution in [0.1, 0.15) is 31.2 Å². The molecule has 2 aliphatic rings. The molecule has 2 aromatic carbocycles. The lowest BCUT2D eigenvalue weighted by atomic mass is 9.96. The van der Waals surface area contributed by atoms with Crippen LogP contribution >= 0.6 is 0 Å². The molecule has 210 valence electrons. The van der Waals surface area contributed by atoms with Crippen LogP contribution in [0.25, 0.3) is 11.3 Å². The topological polar surface area (TPSA) is 113 Å². The molecule has 0 spiro atoms. The van der Waals surface area contributed by atoms with Crippen molar-refractivity contribution in [2.45, 2.75) is 49.6 Å². The molecule has 2 atom stereocenters. The molecule has 2 aliphatic heterocycles. The van der Waals surface area contributed by atoms with Crippen LogP contribution in [0.3, 0.4) is 0 Å². The van der Waals surface area contributed by atoms with E-state index < -0.39 is 32.4 Å². The number of amides is 2. The first-order valence-corrected chi connectivity index (χ1v) is 14.9. The Hall–Kier alpha value is -3.93. The number of likely N-dealkylation sites (tertiary alicyclic amines) is 1. The molecule has 9 nitrogen and oxygen atoms in total. The summed E-state index contributed by atoms with van der Waals surface area (Å²) in [5.74, 6) is -2.11. The summed E-state index contributed by atoms with van der Waals surface area (Å²) in [6, 6.07) is 8.03. The number of piperidine rings is 2. The Labute approximate surface area is 231 Å². The van der Waals surface area contributed by atoms with Gasteiger partial charge >= 0.3 is 0 Å². The molecular weight excluding hydrogens is 540 g/mol. The second-order valence-corrected chi connectivity index (χ2v) is 12.2. The van der Waals surface area contributed by atoms with Crippen molar-refractivity contribution in [2.75, 3.05) is 29.6 Å². The number of sulfone groups is 1. The van der Waals surface area contributed by atoms with Gasteiger partial charge in [-0.3, -0.25) is 19.5 Å². The summed E-state index contributed by atoms with van der Waals surface area (Å²) in [4.78, 5) is 37.8. The predicted molar refractivity (Wildman–Crippen MR) is 145 cm³/mol. The number of carbonyl (C=O) groups is 2. The maximum Gasteiger partial charge on any atom is 0.245 e. The second-order valence-electron chi connectivity index (χ2n) is 10.2. The lowest BCUT2D eigenvalue weighted by Gasteiger charge is -2.41.